The molecular formula is C23H29NO3S. The molecule has 0 bridgehead atoms. The zero-order valence-electron chi connectivity index (χ0n) is 17.1. The largest absolute Gasteiger partial charge is 0.465 e. The predicted octanol–water partition coefficient (Wildman–Crippen LogP) is 5.77. The van der Waals surface area contributed by atoms with Crippen LogP contribution < -0.4 is 4.90 Å². The summed E-state index contributed by atoms with van der Waals surface area (Å²) in [5, 5.41) is 0. The topological polar surface area (TPSA) is 46.6 Å². The molecule has 1 saturated carbocycles. The molecule has 1 aliphatic carbocycles. The van der Waals surface area contributed by atoms with Crippen molar-refractivity contribution in [3.63, 3.8) is 0 Å². The van der Waals surface area contributed by atoms with Gasteiger partial charge in [-0.25, -0.2) is 4.79 Å². The standard InChI is InChI=1S/C23H29NO3S/c1-15(2)24(22(25)18-12-10-16(3)11-13-18)19-14-20(17-8-6-5-7-9-17)28-21(19)23(26)27-4/h5-9,14-16,18H,10-13H2,1-4H3. The molecule has 5 heteroatoms. The number of hydrogen-bond donors (Lipinski definition) is 0. The second-order valence-corrected chi connectivity index (χ2v) is 8.99. The summed E-state index contributed by atoms with van der Waals surface area (Å²) in [6.45, 7) is 6.26. The Morgan fingerprint density at radius 2 is 1.75 bits per heavy atom. The van der Waals surface area contributed by atoms with Crippen molar-refractivity contribution in [1.29, 1.82) is 0 Å². The van der Waals surface area contributed by atoms with Gasteiger partial charge in [0.25, 0.3) is 0 Å². The lowest BCUT2D eigenvalue weighted by Crippen LogP contribution is -2.42. The van der Waals surface area contributed by atoms with Crippen LogP contribution in [0.15, 0.2) is 36.4 Å². The maximum Gasteiger partial charge on any atom is 0.350 e. The molecule has 4 nitrogen and oxygen atoms in total. The number of hydrogen-bond acceptors (Lipinski definition) is 4. The van der Waals surface area contributed by atoms with Crippen LogP contribution in [0.1, 0.15) is 56.1 Å². The van der Waals surface area contributed by atoms with Gasteiger partial charge in [-0.2, -0.15) is 0 Å². The highest BCUT2D eigenvalue weighted by atomic mass is 32.1. The van der Waals surface area contributed by atoms with Crippen LogP contribution in [-0.2, 0) is 9.53 Å². The highest BCUT2D eigenvalue weighted by Gasteiger charge is 2.33. The zero-order valence-corrected chi connectivity index (χ0v) is 17.9. The molecular weight excluding hydrogens is 370 g/mol. The Hall–Kier alpha value is -2.14. The van der Waals surface area contributed by atoms with Crippen molar-refractivity contribution in [2.75, 3.05) is 12.0 Å². The van der Waals surface area contributed by atoms with E-state index in [0.29, 0.717) is 16.5 Å². The summed E-state index contributed by atoms with van der Waals surface area (Å²) in [5.74, 6) is 0.458. The van der Waals surface area contributed by atoms with Crippen molar-refractivity contribution in [3.05, 3.63) is 41.3 Å². The molecule has 1 aromatic heterocycles. The van der Waals surface area contributed by atoms with Crippen molar-refractivity contribution in [1.82, 2.24) is 0 Å². The number of rotatable bonds is 5. The van der Waals surface area contributed by atoms with Crippen molar-refractivity contribution in [2.24, 2.45) is 11.8 Å². The molecule has 1 fully saturated rings. The van der Waals surface area contributed by atoms with Crippen LogP contribution in [0.25, 0.3) is 10.4 Å². The number of benzene rings is 1. The number of nitrogens with zero attached hydrogens (tertiary/aromatic N) is 1. The third-order valence-electron chi connectivity index (χ3n) is 5.52. The summed E-state index contributed by atoms with van der Waals surface area (Å²) < 4.78 is 5.03. The predicted molar refractivity (Wildman–Crippen MR) is 115 cm³/mol. The Balaban J connectivity index is 2.00. The molecule has 1 amide bonds. The summed E-state index contributed by atoms with van der Waals surface area (Å²) in [5.41, 5.74) is 1.71. The second-order valence-electron chi connectivity index (χ2n) is 7.94. The van der Waals surface area contributed by atoms with Crippen LogP contribution in [0.2, 0.25) is 0 Å². The minimum Gasteiger partial charge on any atom is -0.465 e. The fourth-order valence-corrected chi connectivity index (χ4v) is 4.97. The van der Waals surface area contributed by atoms with Crippen LogP contribution in [0.4, 0.5) is 5.69 Å². The number of amides is 1. The molecule has 0 radical (unpaired) electrons. The Morgan fingerprint density at radius 1 is 1.11 bits per heavy atom. The molecule has 0 unspecified atom stereocenters. The van der Waals surface area contributed by atoms with E-state index in [1.807, 2.05) is 55.1 Å². The molecule has 1 aromatic carbocycles. The first-order valence-electron chi connectivity index (χ1n) is 10.0. The lowest BCUT2D eigenvalue weighted by Gasteiger charge is -2.33. The van der Waals surface area contributed by atoms with Gasteiger partial charge in [0, 0.05) is 16.8 Å². The van der Waals surface area contributed by atoms with E-state index in [2.05, 4.69) is 6.92 Å². The van der Waals surface area contributed by atoms with Gasteiger partial charge in [0.1, 0.15) is 4.88 Å². The first-order valence-corrected chi connectivity index (χ1v) is 10.8. The Bertz CT molecular complexity index is 820. The second kappa shape index (κ2) is 8.91. The van der Waals surface area contributed by atoms with E-state index in [4.69, 9.17) is 4.74 Å². The van der Waals surface area contributed by atoms with Crippen molar-refractivity contribution in [2.45, 2.75) is 52.5 Å². The summed E-state index contributed by atoms with van der Waals surface area (Å²) >= 11 is 1.39. The quantitative estimate of drug-likeness (QED) is 0.600. The van der Waals surface area contributed by atoms with Gasteiger partial charge in [-0.05, 0) is 57.1 Å². The molecule has 2 aromatic rings. The first kappa shape index (κ1) is 20.6. The summed E-state index contributed by atoms with van der Waals surface area (Å²) in [6, 6.07) is 11.9. The third kappa shape index (κ3) is 4.30. The smallest absolute Gasteiger partial charge is 0.350 e. The highest BCUT2D eigenvalue weighted by Crippen LogP contribution is 2.40. The van der Waals surface area contributed by atoms with Gasteiger partial charge in [0.05, 0.1) is 12.8 Å². The summed E-state index contributed by atoms with van der Waals surface area (Å²) in [4.78, 5) is 29.2. The summed E-state index contributed by atoms with van der Waals surface area (Å²) in [7, 11) is 1.39. The molecule has 0 saturated heterocycles. The molecule has 0 spiro atoms. The molecule has 0 aliphatic heterocycles. The van der Waals surface area contributed by atoms with Crippen LogP contribution in [0.3, 0.4) is 0 Å². The van der Waals surface area contributed by atoms with Gasteiger partial charge in [-0.15, -0.1) is 11.3 Å². The van der Waals surface area contributed by atoms with Crippen LogP contribution >= 0.6 is 11.3 Å². The fraction of sp³-hybridized carbons (Fsp3) is 0.478. The van der Waals surface area contributed by atoms with E-state index in [1.54, 1.807) is 0 Å². The molecule has 0 N–H and O–H groups in total. The van der Waals surface area contributed by atoms with Gasteiger partial charge in [0.15, 0.2) is 0 Å². The normalized spacial score (nSPS) is 19.5. The summed E-state index contributed by atoms with van der Waals surface area (Å²) in [6.07, 6.45) is 4.02. The van der Waals surface area contributed by atoms with Gasteiger partial charge in [-0.3, -0.25) is 4.79 Å². The highest BCUT2D eigenvalue weighted by molar-refractivity contribution is 7.18. The Kier molecular flexibility index (Phi) is 6.55. The average molecular weight is 400 g/mol. The number of thiophene rings is 1. The number of carbonyl (C=O) groups is 2. The Morgan fingerprint density at radius 3 is 2.32 bits per heavy atom. The lowest BCUT2D eigenvalue weighted by molar-refractivity contribution is -0.123. The minimum atomic E-state index is -0.391. The number of ether oxygens (including phenoxy) is 1. The molecule has 150 valence electrons. The van der Waals surface area contributed by atoms with E-state index in [0.717, 1.165) is 36.1 Å². The third-order valence-corrected chi connectivity index (χ3v) is 6.67. The number of carbonyl (C=O) groups excluding carboxylic acids is 2. The maximum absolute atomic E-state index is 13.4. The van der Waals surface area contributed by atoms with Gasteiger partial charge in [0.2, 0.25) is 5.91 Å². The maximum atomic E-state index is 13.4. The molecule has 1 heterocycles. The molecule has 0 atom stereocenters. The van der Waals surface area contributed by atoms with Crippen LogP contribution in [-0.4, -0.2) is 25.0 Å². The van der Waals surface area contributed by atoms with E-state index < -0.39 is 5.97 Å². The van der Waals surface area contributed by atoms with E-state index in [1.165, 1.54) is 18.4 Å². The van der Waals surface area contributed by atoms with Gasteiger partial charge in [-0.1, -0.05) is 37.3 Å². The fourth-order valence-electron chi connectivity index (χ4n) is 3.90. The van der Waals surface area contributed by atoms with E-state index in [9.17, 15) is 9.59 Å². The van der Waals surface area contributed by atoms with E-state index in [-0.39, 0.29) is 17.9 Å². The SMILES string of the molecule is COC(=O)c1sc(-c2ccccc2)cc1N(C(=O)C1CCC(C)CC1)C(C)C. The Labute approximate surface area is 171 Å². The zero-order chi connectivity index (χ0) is 20.3. The van der Waals surface area contributed by atoms with Crippen molar-refractivity contribution in [3.8, 4) is 10.4 Å². The first-order chi connectivity index (χ1) is 13.4. The molecule has 1 aliphatic rings. The van der Waals surface area contributed by atoms with Gasteiger partial charge < -0.3 is 9.64 Å². The minimum absolute atomic E-state index is 0.0316. The lowest BCUT2D eigenvalue weighted by atomic mass is 9.82. The van der Waals surface area contributed by atoms with Crippen molar-refractivity contribution < 1.29 is 14.3 Å². The number of anilines is 1. The van der Waals surface area contributed by atoms with Crippen LogP contribution in [0, 0.1) is 11.8 Å². The van der Waals surface area contributed by atoms with Crippen molar-refractivity contribution >= 4 is 28.9 Å². The number of methoxy groups -OCH3 is 1. The van der Waals surface area contributed by atoms with Crippen LogP contribution in [0.5, 0.6) is 0 Å². The average Bonchev–Trinajstić information content (AvgIpc) is 3.13. The number of esters is 1. The van der Waals surface area contributed by atoms with E-state index >= 15 is 0 Å². The monoisotopic (exact) mass is 399 g/mol. The molecule has 3 rings (SSSR count). The molecule has 28 heavy (non-hydrogen) atoms. The van der Waals surface area contributed by atoms with Gasteiger partial charge >= 0.3 is 5.97 Å².